The standard InChI is InChI=1S/C20H16O4/c1-14-7-3-4-8-15(14)11-12-20(19(22)23-2)13-17(21)16-9-5-6-10-18(16)24-20/h3-10H,13H2,1-2H3/t20-/m0/s1. The third-order valence-electron chi connectivity index (χ3n) is 3.94. The van der Waals surface area contributed by atoms with Gasteiger partial charge in [-0.25, -0.2) is 4.79 Å². The molecule has 2 aromatic carbocycles. The maximum atomic E-state index is 12.4. The summed E-state index contributed by atoms with van der Waals surface area (Å²) in [4.78, 5) is 24.8. The van der Waals surface area contributed by atoms with E-state index in [0.717, 1.165) is 11.1 Å². The van der Waals surface area contributed by atoms with Crippen LogP contribution in [0, 0.1) is 18.8 Å². The van der Waals surface area contributed by atoms with Crippen LogP contribution < -0.4 is 4.74 Å². The Morgan fingerprint density at radius 2 is 1.88 bits per heavy atom. The van der Waals surface area contributed by atoms with Crippen LogP contribution in [0.15, 0.2) is 48.5 Å². The average molecular weight is 320 g/mol. The Morgan fingerprint density at radius 3 is 2.62 bits per heavy atom. The maximum Gasteiger partial charge on any atom is 0.363 e. The number of carbonyl (C=O) groups is 2. The summed E-state index contributed by atoms with van der Waals surface area (Å²) >= 11 is 0. The van der Waals surface area contributed by atoms with Crippen LogP contribution in [-0.4, -0.2) is 24.5 Å². The maximum absolute atomic E-state index is 12.4. The molecule has 1 aliphatic rings. The molecule has 4 heteroatoms. The minimum Gasteiger partial charge on any atom is -0.465 e. The van der Waals surface area contributed by atoms with Crippen molar-refractivity contribution in [2.24, 2.45) is 0 Å². The molecule has 24 heavy (non-hydrogen) atoms. The molecule has 0 unspecified atom stereocenters. The number of benzene rings is 2. The second-order valence-corrected chi connectivity index (χ2v) is 5.58. The molecule has 0 N–H and O–H groups in total. The highest BCUT2D eigenvalue weighted by molar-refractivity contribution is 6.05. The van der Waals surface area contributed by atoms with Crippen LogP contribution in [0.5, 0.6) is 5.75 Å². The lowest BCUT2D eigenvalue weighted by Crippen LogP contribution is -2.48. The Morgan fingerprint density at radius 1 is 1.17 bits per heavy atom. The number of aryl methyl sites for hydroxylation is 1. The normalized spacial score (nSPS) is 18.7. The molecule has 3 rings (SSSR count). The number of ketones is 1. The lowest BCUT2D eigenvalue weighted by atomic mass is 9.90. The Bertz CT molecular complexity index is 872. The quantitative estimate of drug-likeness (QED) is 0.599. The van der Waals surface area contributed by atoms with Crippen LogP contribution >= 0.6 is 0 Å². The smallest absolute Gasteiger partial charge is 0.363 e. The molecule has 120 valence electrons. The number of hydrogen-bond acceptors (Lipinski definition) is 4. The van der Waals surface area contributed by atoms with Crippen LogP contribution in [0.4, 0.5) is 0 Å². The average Bonchev–Trinajstić information content (AvgIpc) is 2.60. The van der Waals surface area contributed by atoms with Crippen molar-refractivity contribution in [1.29, 1.82) is 0 Å². The van der Waals surface area contributed by atoms with E-state index in [-0.39, 0.29) is 12.2 Å². The zero-order valence-corrected chi connectivity index (χ0v) is 13.5. The van der Waals surface area contributed by atoms with Crippen LogP contribution in [0.25, 0.3) is 0 Å². The van der Waals surface area contributed by atoms with Crippen molar-refractivity contribution in [3.05, 3.63) is 65.2 Å². The molecule has 0 bridgehead atoms. The first-order valence-electron chi connectivity index (χ1n) is 7.54. The third-order valence-corrected chi connectivity index (χ3v) is 3.94. The highest BCUT2D eigenvalue weighted by Gasteiger charge is 2.47. The first-order chi connectivity index (χ1) is 11.6. The predicted octanol–water partition coefficient (Wildman–Crippen LogP) is 2.92. The number of Topliss-reactive ketones (excluding diaryl/α,β-unsaturated/α-hetero) is 1. The van der Waals surface area contributed by atoms with Gasteiger partial charge in [0, 0.05) is 5.56 Å². The van der Waals surface area contributed by atoms with Gasteiger partial charge in [-0.15, -0.1) is 0 Å². The van der Waals surface area contributed by atoms with E-state index in [0.29, 0.717) is 11.3 Å². The molecular weight excluding hydrogens is 304 g/mol. The van der Waals surface area contributed by atoms with Gasteiger partial charge in [0.15, 0.2) is 5.78 Å². The minimum absolute atomic E-state index is 0.171. The summed E-state index contributed by atoms with van der Waals surface area (Å²) in [6.45, 7) is 1.93. The first-order valence-corrected chi connectivity index (χ1v) is 7.54. The van der Waals surface area contributed by atoms with E-state index in [1.807, 2.05) is 31.2 Å². The molecule has 0 amide bonds. The molecule has 1 aliphatic heterocycles. The lowest BCUT2D eigenvalue weighted by molar-refractivity contribution is -0.154. The fourth-order valence-electron chi connectivity index (χ4n) is 2.61. The molecule has 0 aromatic heterocycles. The van der Waals surface area contributed by atoms with Crippen LogP contribution in [0.3, 0.4) is 0 Å². The van der Waals surface area contributed by atoms with Crippen LogP contribution in [0.2, 0.25) is 0 Å². The van der Waals surface area contributed by atoms with Crippen LogP contribution in [-0.2, 0) is 9.53 Å². The van der Waals surface area contributed by atoms with Gasteiger partial charge in [-0.1, -0.05) is 36.3 Å². The Labute approximate surface area is 140 Å². The molecule has 0 radical (unpaired) electrons. The molecule has 1 heterocycles. The zero-order valence-electron chi connectivity index (χ0n) is 13.5. The van der Waals surface area contributed by atoms with E-state index >= 15 is 0 Å². The molecule has 2 aromatic rings. The fraction of sp³-hybridized carbons (Fsp3) is 0.200. The Balaban J connectivity index is 2.07. The summed E-state index contributed by atoms with van der Waals surface area (Å²) in [7, 11) is 1.26. The van der Waals surface area contributed by atoms with Crippen LogP contribution in [0.1, 0.15) is 27.9 Å². The third kappa shape index (κ3) is 2.77. The van der Waals surface area contributed by atoms with Gasteiger partial charge in [0.1, 0.15) is 5.75 Å². The van der Waals surface area contributed by atoms with Gasteiger partial charge in [0.2, 0.25) is 0 Å². The van der Waals surface area contributed by atoms with E-state index in [4.69, 9.17) is 9.47 Å². The highest BCUT2D eigenvalue weighted by Crippen LogP contribution is 2.33. The van der Waals surface area contributed by atoms with Crippen molar-refractivity contribution < 1.29 is 19.1 Å². The Kier molecular flexibility index (Phi) is 4.09. The van der Waals surface area contributed by atoms with Gasteiger partial charge in [0.05, 0.1) is 19.1 Å². The fourth-order valence-corrected chi connectivity index (χ4v) is 2.61. The molecule has 0 aliphatic carbocycles. The van der Waals surface area contributed by atoms with E-state index in [1.54, 1.807) is 24.3 Å². The number of ether oxygens (including phenoxy) is 2. The monoisotopic (exact) mass is 320 g/mol. The summed E-state index contributed by atoms with van der Waals surface area (Å²) in [5, 5.41) is 0. The topological polar surface area (TPSA) is 52.6 Å². The van der Waals surface area contributed by atoms with Crippen molar-refractivity contribution >= 4 is 11.8 Å². The predicted molar refractivity (Wildman–Crippen MR) is 88.8 cm³/mol. The minimum atomic E-state index is -1.62. The van der Waals surface area contributed by atoms with Gasteiger partial charge >= 0.3 is 5.97 Å². The summed E-state index contributed by atoms with van der Waals surface area (Å²) in [6, 6.07) is 14.4. The number of carbonyl (C=O) groups excluding carboxylic acids is 2. The van der Waals surface area contributed by atoms with E-state index in [2.05, 4.69) is 11.8 Å². The summed E-state index contributed by atoms with van der Waals surface area (Å²) in [6.07, 6.45) is -0.171. The molecule has 1 atom stereocenters. The van der Waals surface area contributed by atoms with Crippen molar-refractivity contribution in [2.45, 2.75) is 18.9 Å². The van der Waals surface area contributed by atoms with Crippen molar-refractivity contribution in [3.63, 3.8) is 0 Å². The number of hydrogen-bond donors (Lipinski definition) is 0. The van der Waals surface area contributed by atoms with Crippen molar-refractivity contribution in [1.82, 2.24) is 0 Å². The molecule has 0 fully saturated rings. The molecule has 0 saturated carbocycles. The number of esters is 1. The number of para-hydroxylation sites is 1. The lowest BCUT2D eigenvalue weighted by Gasteiger charge is -2.31. The number of methoxy groups -OCH3 is 1. The first kappa shape index (κ1) is 15.8. The van der Waals surface area contributed by atoms with Gasteiger partial charge in [0.25, 0.3) is 5.60 Å². The summed E-state index contributed by atoms with van der Waals surface area (Å²) < 4.78 is 10.7. The summed E-state index contributed by atoms with van der Waals surface area (Å²) in [5.74, 6) is 5.29. The number of fused-ring (bicyclic) bond motifs is 1. The van der Waals surface area contributed by atoms with Gasteiger partial charge < -0.3 is 9.47 Å². The molecular formula is C20H16O4. The van der Waals surface area contributed by atoms with E-state index < -0.39 is 11.6 Å². The highest BCUT2D eigenvalue weighted by atomic mass is 16.6. The molecule has 0 spiro atoms. The van der Waals surface area contributed by atoms with E-state index in [1.165, 1.54) is 7.11 Å². The second-order valence-electron chi connectivity index (χ2n) is 5.58. The second kappa shape index (κ2) is 6.21. The zero-order chi connectivity index (χ0) is 17.2. The number of rotatable bonds is 1. The largest absolute Gasteiger partial charge is 0.465 e. The SMILES string of the molecule is COC(=O)[C@]1(C#Cc2ccccc2C)CC(=O)c2ccccc2O1. The van der Waals surface area contributed by atoms with Gasteiger partial charge in [-0.05, 0) is 36.6 Å². The molecule has 0 saturated heterocycles. The summed E-state index contributed by atoms with van der Waals surface area (Å²) in [5.41, 5.74) is 0.584. The van der Waals surface area contributed by atoms with E-state index in [9.17, 15) is 9.59 Å². The van der Waals surface area contributed by atoms with Crippen molar-refractivity contribution in [3.8, 4) is 17.6 Å². The Hall–Kier alpha value is -3.06. The van der Waals surface area contributed by atoms with Crippen molar-refractivity contribution in [2.75, 3.05) is 7.11 Å². The van der Waals surface area contributed by atoms with Gasteiger partial charge in [-0.3, -0.25) is 4.79 Å². The molecule has 4 nitrogen and oxygen atoms in total. The van der Waals surface area contributed by atoms with Gasteiger partial charge in [-0.2, -0.15) is 0 Å².